The van der Waals surface area contributed by atoms with Crippen LogP contribution in [-0.4, -0.2) is 17.4 Å². The van der Waals surface area contributed by atoms with E-state index in [4.69, 9.17) is 0 Å². The predicted molar refractivity (Wildman–Crippen MR) is 93.8 cm³/mol. The summed E-state index contributed by atoms with van der Waals surface area (Å²) >= 11 is 0. The molecule has 1 amide bonds. The van der Waals surface area contributed by atoms with Gasteiger partial charge in [-0.15, -0.1) is 0 Å². The van der Waals surface area contributed by atoms with Crippen LogP contribution in [0.4, 0.5) is 0 Å². The van der Waals surface area contributed by atoms with Crippen LogP contribution in [0.5, 0.6) is 0 Å². The van der Waals surface area contributed by atoms with Crippen LogP contribution in [0.2, 0.25) is 0 Å². The molecule has 24 heavy (non-hydrogen) atoms. The number of carbonyl (C=O) groups is 2. The van der Waals surface area contributed by atoms with E-state index in [2.05, 4.69) is 10.3 Å². The molecule has 0 radical (unpaired) electrons. The molecule has 4 heteroatoms. The second-order valence-electron chi connectivity index (χ2n) is 6.05. The molecule has 0 bridgehead atoms. The van der Waals surface area contributed by atoms with E-state index in [1.165, 1.54) is 6.92 Å². The number of nitrogens with zero attached hydrogens (tertiary/aromatic N) is 1. The molecule has 122 valence electrons. The number of hydrogen-bond donors (Lipinski definition) is 1. The third-order valence-corrected chi connectivity index (χ3v) is 4.32. The Labute approximate surface area is 141 Å². The van der Waals surface area contributed by atoms with Crippen molar-refractivity contribution >= 4 is 17.4 Å². The van der Waals surface area contributed by atoms with Gasteiger partial charge in [0.2, 0.25) is 5.91 Å². The standard InChI is InChI=1S/C20H20N2O2/c1-13-17(18(22-14(2)23)15-9-5-3-6-10-15)20(24)19(21-13)16-11-7-4-8-12-16/h3-12,17-19H,1-2H3,(H,22,23). The molecule has 1 heterocycles. The van der Waals surface area contributed by atoms with Gasteiger partial charge in [-0.2, -0.15) is 0 Å². The molecule has 0 saturated carbocycles. The lowest BCUT2D eigenvalue weighted by Crippen LogP contribution is -2.37. The normalized spacial score (nSPS) is 21.2. The number of Topliss-reactive ketones (excluding diaryl/α,β-unsaturated/α-hetero) is 1. The van der Waals surface area contributed by atoms with Gasteiger partial charge in [0.15, 0.2) is 5.78 Å². The highest BCUT2D eigenvalue weighted by molar-refractivity contribution is 6.12. The molecule has 0 aromatic heterocycles. The van der Waals surface area contributed by atoms with Crippen LogP contribution in [-0.2, 0) is 9.59 Å². The maximum atomic E-state index is 13.0. The zero-order chi connectivity index (χ0) is 17.1. The van der Waals surface area contributed by atoms with Gasteiger partial charge in [0.25, 0.3) is 0 Å². The van der Waals surface area contributed by atoms with Crippen LogP contribution in [0, 0.1) is 5.92 Å². The highest BCUT2D eigenvalue weighted by atomic mass is 16.1. The smallest absolute Gasteiger partial charge is 0.217 e. The third-order valence-electron chi connectivity index (χ3n) is 4.32. The molecule has 0 fully saturated rings. The maximum absolute atomic E-state index is 13.0. The fraction of sp³-hybridized carbons (Fsp3) is 0.250. The molecule has 0 saturated heterocycles. The Balaban J connectivity index is 1.96. The molecular weight excluding hydrogens is 300 g/mol. The molecule has 4 nitrogen and oxygen atoms in total. The Hall–Kier alpha value is -2.75. The fourth-order valence-corrected chi connectivity index (χ4v) is 3.24. The molecule has 0 aliphatic carbocycles. The van der Waals surface area contributed by atoms with E-state index in [0.29, 0.717) is 0 Å². The summed E-state index contributed by atoms with van der Waals surface area (Å²) in [5, 5.41) is 2.93. The average Bonchev–Trinajstić information content (AvgIpc) is 2.89. The van der Waals surface area contributed by atoms with E-state index in [9.17, 15) is 9.59 Å². The van der Waals surface area contributed by atoms with E-state index in [1.54, 1.807) is 0 Å². The van der Waals surface area contributed by atoms with Crippen molar-refractivity contribution in [3.05, 3.63) is 71.8 Å². The van der Waals surface area contributed by atoms with E-state index in [-0.39, 0.29) is 11.7 Å². The summed E-state index contributed by atoms with van der Waals surface area (Å²) in [6.07, 6.45) is 0. The quantitative estimate of drug-likeness (QED) is 0.940. The van der Waals surface area contributed by atoms with Gasteiger partial charge in [-0.1, -0.05) is 60.7 Å². The van der Waals surface area contributed by atoms with Crippen LogP contribution >= 0.6 is 0 Å². The maximum Gasteiger partial charge on any atom is 0.217 e. The number of carbonyl (C=O) groups excluding carboxylic acids is 2. The Bertz CT molecular complexity index is 769. The first-order chi connectivity index (χ1) is 11.6. The van der Waals surface area contributed by atoms with Crippen molar-refractivity contribution in [3.63, 3.8) is 0 Å². The minimum Gasteiger partial charge on any atom is -0.348 e. The molecule has 2 aromatic carbocycles. The highest BCUT2D eigenvalue weighted by Crippen LogP contribution is 2.36. The second-order valence-corrected chi connectivity index (χ2v) is 6.05. The van der Waals surface area contributed by atoms with Gasteiger partial charge in [0, 0.05) is 12.6 Å². The number of nitrogens with one attached hydrogen (secondary N) is 1. The Kier molecular flexibility index (Phi) is 4.56. The number of hydrogen-bond acceptors (Lipinski definition) is 3. The van der Waals surface area contributed by atoms with E-state index in [1.807, 2.05) is 67.6 Å². The van der Waals surface area contributed by atoms with Crippen molar-refractivity contribution in [2.75, 3.05) is 0 Å². The van der Waals surface area contributed by atoms with Crippen molar-refractivity contribution in [1.82, 2.24) is 5.32 Å². The third kappa shape index (κ3) is 3.13. The van der Waals surface area contributed by atoms with Crippen LogP contribution in [0.1, 0.15) is 37.1 Å². The first-order valence-electron chi connectivity index (χ1n) is 8.03. The molecule has 1 aliphatic rings. The van der Waals surface area contributed by atoms with Gasteiger partial charge in [-0.3, -0.25) is 14.6 Å². The molecule has 3 unspecified atom stereocenters. The second kappa shape index (κ2) is 6.79. The fourth-order valence-electron chi connectivity index (χ4n) is 3.24. The predicted octanol–water partition coefficient (Wildman–Crippen LogP) is 3.26. The van der Waals surface area contributed by atoms with Crippen molar-refractivity contribution < 1.29 is 9.59 Å². The number of benzene rings is 2. The highest BCUT2D eigenvalue weighted by Gasteiger charge is 2.41. The molecular formula is C20H20N2O2. The lowest BCUT2D eigenvalue weighted by molar-refractivity contribution is -0.123. The monoisotopic (exact) mass is 320 g/mol. The Morgan fingerprint density at radius 2 is 1.62 bits per heavy atom. The van der Waals surface area contributed by atoms with Gasteiger partial charge in [-0.25, -0.2) is 0 Å². The van der Waals surface area contributed by atoms with E-state index in [0.717, 1.165) is 16.8 Å². The first-order valence-corrected chi connectivity index (χ1v) is 8.03. The van der Waals surface area contributed by atoms with Gasteiger partial charge in [-0.05, 0) is 18.1 Å². The molecule has 2 aromatic rings. The minimum absolute atomic E-state index is 0.0290. The van der Waals surface area contributed by atoms with Crippen molar-refractivity contribution in [2.24, 2.45) is 10.9 Å². The minimum atomic E-state index is -0.490. The van der Waals surface area contributed by atoms with Crippen molar-refractivity contribution in [3.8, 4) is 0 Å². The van der Waals surface area contributed by atoms with Crippen LogP contribution in [0.3, 0.4) is 0 Å². The lowest BCUT2D eigenvalue weighted by Gasteiger charge is -2.24. The molecule has 3 rings (SSSR count). The average molecular weight is 320 g/mol. The number of aliphatic imine (C=N–C) groups is 1. The van der Waals surface area contributed by atoms with Crippen LogP contribution in [0.15, 0.2) is 65.7 Å². The number of rotatable bonds is 4. The van der Waals surface area contributed by atoms with E-state index >= 15 is 0 Å². The molecule has 0 spiro atoms. The van der Waals surface area contributed by atoms with Gasteiger partial charge in [0.05, 0.1) is 12.0 Å². The van der Waals surface area contributed by atoms with Crippen molar-refractivity contribution in [2.45, 2.75) is 25.9 Å². The number of amides is 1. The SMILES string of the molecule is CC(=O)NC(c1ccccc1)C1C(=O)C(c2ccccc2)N=C1C. The van der Waals surface area contributed by atoms with Gasteiger partial charge >= 0.3 is 0 Å². The summed E-state index contributed by atoms with van der Waals surface area (Å²) in [5.74, 6) is -0.574. The summed E-state index contributed by atoms with van der Waals surface area (Å²) in [7, 11) is 0. The van der Waals surface area contributed by atoms with E-state index < -0.39 is 18.0 Å². The number of ketones is 1. The summed E-state index contributed by atoms with van der Waals surface area (Å²) in [6, 6.07) is 18.3. The molecule has 3 atom stereocenters. The molecule has 1 N–H and O–H groups in total. The summed E-state index contributed by atoms with van der Waals surface area (Å²) in [6.45, 7) is 3.33. The Morgan fingerprint density at radius 1 is 1.04 bits per heavy atom. The van der Waals surface area contributed by atoms with Gasteiger partial charge in [0.1, 0.15) is 6.04 Å². The molecule has 1 aliphatic heterocycles. The van der Waals surface area contributed by atoms with Crippen LogP contribution < -0.4 is 5.32 Å². The summed E-state index contributed by atoms with van der Waals surface area (Å²) in [4.78, 5) is 29.3. The Morgan fingerprint density at radius 3 is 2.21 bits per heavy atom. The summed E-state index contributed by atoms with van der Waals surface area (Å²) < 4.78 is 0. The van der Waals surface area contributed by atoms with Crippen molar-refractivity contribution in [1.29, 1.82) is 0 Å². The topological polar surface area (TPSA) is 58.5 Å². The zero-order valence-corrected chi connectivity index (χ0v) is 13.8. The zero-order valence-electron chi connectivity index (χ0n) is 13.8. The van der Waals surface area contributed by atoms with Gasteiger partial charge < -0.3 is 5.32 Å². The first kappa shape index (κ1) is 16.1. The van der Waals surface area contributed by atoms with Crippen LogP contribution in [0.25, 0.3) is 0 Å². The summed E-state index contributed by atoms with van der Waals surface area (Å²) in [5.41, 5.74) is 2.56. The largest absolute Gasteiger partial charge is 0.348 e. The lowest BCUT2D eigenvalue weighted by atomic mass is 9.85.